The van der Waals surface area contributed by atoms with Crippen molar-refractivity contribution in [2.75, 3.05) is 6.54 Å². The molecule has 3 amide bonds. The van der Waals surface area contributed by atoms with Gasteiger partial charge in [0.15, 0.2) is 0 Å². The zero-order chi connectivity index (χ0) is 20.7. The van der Waals surface area contributed by atoms with Crippen molar-refractivity contribution in [1.82, 2.24) is 15.2 Å². The van der Waals surface area contributed by atoms with Gasteiger partial charge in [-0.3, -0.25) is 24.1 Å². The standard InChI is InChI=1S/C22H19N3O4/c1-12-7-13(2)17-9-14(20(27)24-18(17)8-12)10-23-19(26)11-25-21(28)15-5-3-4-6-16(15)22(25)29/h3-9H,10-11H2,1-2H3,(H,23,26)(H,24,27). The van der Waals surface area contributed by atoms with Gasteiger partial charge in [0.25, 0.3) is 17.4 Å². The van der Waals surface area contributed by atoms with Gasteiger partial charge in [0.05, 0.1) is 11.1 Å². The summed E-state index contributed by atoms with van der Waals surface area (Å²) in [5.74, 6) is -1.50. The van der Waals surface area contributed by atoms with Crippen LogP contribution in [0, 0.1) is 13.8 Å². The van der Waals surface area contributed by atoms with E-state index in [9.17, 15) is 19.2 Å². The number of hydrogen-bond acceptors (Lipinski definition) is 4. The van der Waals surface area contributed by atoms with Crippen LogP contribution in [0.15, 0.2) is 47.3 Å². The van der Waals surface area contributed by atoms with Crippen molar-refractivity contribution in [1.29, 1.82) is 0 Å². The summed E-state index contributed by atoms with van der Waals surface area (Å²) in [6.45, 7) is 3.52. The van der Waals surface area contributed by atoms with Crippen LogP contribution >= 0.6 is 0 Å². The number of benzene rings is 2. The highest BCUT2D eigenvalue weighted by Crippen LogP contribution is 2.22. The summed E-state index contributed by atoms with van der Waals surface area (Å²) in [4.78, 5) is 53.1. The molecule has 2 N–H and O–H groups in total. The maximum absolute atomic E-state index is 12.4. The lowest BCUT2D eigenvalue weighted by Gasteiger charge is -2.14. The maximum atomic E-state index is 12.4. The predicted molar refractivity (Wildman–Crippen MR) is 108 cm³/mol. The number of H-pyrrole nitrogens is 1. The molecule has 29 heavy (non-hydrogen) atoms. The minimum Gasteiger partial charge on any atom is -0.350 e. The topological polar surface area (TPSA) is 99.3 Å². The minimum atomic E-state index is -0.514. The Hall–Kier alpha value is -3.74. The number of imide groups is 1. The van der Waals surface area contributed by atoms with E-state index in [1.54, 1.807) is 30.3 Å². The van der Waals surface area contributed by atoms with E-state index in [2.05, 4.69) is 10.3 Å². The van der Waals surface area contributed by atoms with E-state index in [4.69, 9.17) is 0 Å². The fourth-order valence-electron chi connectivity index (χ4n) is 3.62. The summed E-state index contributed by atoms with van der Waals surface area (Å²) in [6, 6.07) is 12.1. The zero-order valence-electron chi connectivity index (χ0n) is 16.0. The molecule has 3 aromatic rings. The van der Waals surface area contributed by atoms with Crippen LogP contribution in [-0.2, 0) is 11.3 Å². The van der Waals surface area contributed by atoms with Gasteiger partial charge in [-0.15, -0.1) is 0 Å². The van der Waals surface area contributed by atoms with Gasteiger partial charge < -0.3 is 10.3 Å². The monoisotopic (exact) mass is 389 g/mol. The summed E-state index contributed by atoms with van der Waals surface area (Å²) in [5.41, 5.74) is 3.52. The normalized spacial score (nSPS) is 13.1. The van der Waals surface area contributed by atoms with Gasteiger partial charge in [-0.2, -0.15) is 0 Å². The van der Waals surface area contributed by atoms with Gasteiger partial charge in [0, 0.05) is 23.0 Å². The van der Waals surface area contributed by atoms with Crippen LogP contribution in [0.2, 0.25) is 0 Å². The summed E-state index contributed by atoms with van der Waals surface area (Å²) in [7, 11) is 0. The first kappa shape index (κ1) is 18.6. The lowest BCUT2D eigenvalue weighted by atomic mass is 10.0. The second kappa shape index (κ2) is 7.01. The summed E-state index contributed by atoms with van der Waals surface area (Å²) >= 11 is 0. The highest BCUT2D eigenvalue weighted by Gasteiger charge is 2.36. The highest BCUT2D eigenvalue weighted by atomic mass is 16.2. The number of aromatic amines is 1. The maximum Gasteiger partial charge on any atom is 0.262 e. The molecule has 1 aromatic heterocycles. The number of pyridine rings is 1. The second-order valence-electron chi connectivity index (χ2n) is 7.19. The molecule has 0 saturated heterocycles. The summed E-state index contributed by atoms with van der Waals surface area (Å²) in [6.07, 6.45) is 0. The van der Waals surface area contributed by atoms with Gasteiger partial charge in [-0.25, -0.2) is 0 Å². The third-order valence-electron chi connectivity index (χ3n) is 5.05. The van der Waals surface area contributed by atoms with E-state index in [1.807, 2.05) is 26.0 Å². The van der Waals surface area contributed by atoms with Crippen molar-refractivity contribution in [2.24, 2.45) is 0 Å². The summed E-state index contributed by atoms with van der Waals surface area (Å²) in [5, 5.41) is 3.53. The predicted octanol–water partition coefficient (Wildman–Crippen LogP) is 2.06. The zero-order valence-corrected chi connectivity index (χ0v) is 16.0. The Morgan fingerprint density at radius 2 is 1.66 bits per heavy atom. The van der Waals surface area contributed by atoms with E-state index in [0.717, 1.165) is 26.9 Å². The molecule has 0 radical (unpaired) electrons. The first-order chi connectivity index (χ1) is 13.8. The number of carbonyl (C=O) groups excluding carboxylic acids is 3. The van der Waals surface area contributed by atoms with E-state index < -0.39 is 24.3 Å². The Labute approximate surface area is 166 Å². The Morgan fingerprint density at radius 1 is 1.00 bits per heavy atom. The molecule has 0 unspecified atom stereocenters. The molecule has 2 aromatic carbocycles. The number of fused-ring (bicyclic) bond motifs is 2. The smallest absolute Gasteiger partial charge is 0.262 e. The van der Waals surface area contributed by atoms with Gasteiger partial charge in [0.1, 0.15) is 6.54 Å². The van der Waals surface area contributed by atoms with Crippen LogP contribution in [0.4, 0.5) is 0 Å². The van der Waals surface area contributed by atoms with Crippen molar-refractivity contribution in [3.63, 3.8) is 0 Å². The molecule has 0 atom stereocenters. The molecule has 1 aliphatic rings. The van der Waals surface area contributed by atoms with Crippen LogP contribution in [0.5, 0.6) is 0 Å². The van der Waals surface area contributed by atoms with Crippen molar-refractivity contribution in [3.05, 3.63) is 80.6 Å². The average molecular weight is 389 g/mol. The van der Waals surface area contributed by atoms with Crippen molar-refractivity contribution >= 4 is 28.6 Å². The Morgan fingerprint density at radius 3 is 2.31 bits per heavy atom. The van der Waals surface area contributed by atoms with Gasteiger partial charge in [-0.1, -0.05) is 18.2 Å². The fourth-order valence-corrected chi connectivity index (χ4v) is 3.62. The quantitative estimate of drug-likeness (QED) is 0.667. The highest BCUT2D eigenvalue weighted by molar-refractivity contribution is 6.22. The number of carbonyl (C=O) groups is 3. The van der Waals surface area contributed by atoms with E-state index >= 15 is 0 Å². The summed E-state index contributed by atoms with van der Waals surface area (Å²) < 4.78 is 0. The van der Waals surface area contributed by atoms with E-state index in [0.29, 0.717) is 16.7 Å². The van der Waals surface area contributed by atoms with Crippen LogP contribution < -0.4 is 10.9 Å². The minimum absolute atomic E-state index is 0.000588. The number of hydrogen-bond donors (Lipinski definition) is 2. The number of aromatic nitrogens is 1. The molecule has 0 aliphatic carbocycles. The number of rotatable bonds is 4. The van der Waals surface area contributed by atoms with Gasteiger partial charge >= 0.3 is 0 Å². The van der Waals surface area contributed by atoms with Crippen molar-refractivity contribution < 1.29 is 14.4 Å². The number of amides is 3. The van der Waals surface area contributed by atoms with E-state index in [1.165, 1.54) is 0 Å². The van der Waals surface area contributed by atoms with Crippen molar-refractivity contribution in [2.45, 2.75) is 20.4 Å². The molecule has 0 fully saturated rings. The first-order valence-corrected chi connectivity index (χ1v) is 9.20. The SMILES string of the molecule is Cc1cc(C)c2cc(CNC(=O)CN3C(=O)c4ccccc4C3=O)c(=O)[nH]c2c1. The van der Waals surface area contributed by atoms with Crippen LogP contribution in [0.3, 0.4) is 0 Å². The first-order valence-electron chi connectivity index (χ1n) is 9.20. The van der Waals surface area contributed by atoms with Gasteiger partial charge in [0.2, 0.25) is 5.91 Å². The molecule has 146 valence electrons. The van der Waals surface area contributed by atoms with Crippen LogP contribution in [0.25, 0.3) is 10.9 Å². The lowest BCUT2D eigenvalue weighted by Crippen LogP contribution is -2.40. The molecule has 2 heterocycles. The molecule has 0 spiro atoms. The molecular weight excluding hydrogens is 370 g/mol. The third kappa shape index (κ3) is 3.31. The number of nitrogens with zero attached hydrogens (tertiary/aromatic N) is 1. The van der Waals surface area contributed by atoms with E-state index in [-0.39, 0.29) is 12.1 Å². The number of aryl methyl sites for hydroxylation is 2. The van der Waals surface area contributed by atoms with Crippen LogP contribution in [-0.4, -0.2) is 34.2 Å². The lowest BCUT2D eigenvalue weighted by molar-refractivity contribution is -0.121. The van der Waals surface area contributed by atoms with Crippen molar-refractivity contribution in [3.8, 4) is 0 Å². The largest absolute Gasteiger partial charge is 0.350 e. The molecular formula is C22H19N3O4. The van der Waals surface area contributed by atoms with Crippen LogP contribution in [0.1, 0.15) is 37.4 Å². The number of nitrogens with one attached hydrogen (secondary N) is 2. The molecule has 7 heteroatoms. The molecule has 0 saturated carbocycles. The second-order valence-corrected chi connectivity index (χ2v) is 7.19. The Kier molecular flexibility index (Phi) is 4.50. The fraction of sp³-hybridized carbons (Fsp3) is 0.182. The molecule has 4 rings (SSSR count). The molecule has 0 bridgehead atoms. The Balaban J connectivity index is 1.48. The average Bonchev–Trinajstić information content (AvgIpc) is 2.92. The third-order valence-corrected chi connectivity index (χ3v) is 5.05. The Bertz CT molecular complexity index is 1210. The van der Waals surface area contributed by atoms with Gasteiger partial charge in [-0.05, 0) is 49.2 Å². The molecule has 1 aliphatic heterocycles. The molecule has 7 nitrogen and oxygen atoms in total.